The monoisotopic (exact) mass is 481 g/mol. The molecule has 1 fully saturated rings. The van der Waals surface area contributed by atoms with Crippen molar-refractivity contribution in [3.8, 4) is 5.75 Å². The van der Waals surface area contributed by atoms with Crippen LogP contribution in [0.25, 0.3) is 10.8 Å². The van der Waals surface area contributed by atoms with Crippen molar-refractivity contribution < 1.29 is 9.53 Å². The van der Waals surface area contributed by atoms with E-state index >= 15 is 0 Å². The SMILES string of the molecule is COc1ccc(CCC2CCN(C(=O)c3nn(Cc4ccccc4)c(=O)c4ccccc34)CC2)cc1. The van der Waals surface area contributed by atoms with E-state index in [1.165, 1.54) is 10.2 Å². The van der Waals surface area contributed by atoms with Gasteiger partial charge in [0.15, 0.2) is 5.69 Å². The fourth-order valence-corrected chi connectivity index (χ4v) is 4.99. The van der Waals surface area contributed by atoms with Crippen LogP contribution in [0.5, 0.6) is 5.75 Å². The maximum atomic E-state index is 13.6. The van der Waals surface area contributed by atoms with Crippen molar-refractivity contribution in [1.82, 2.24) is 14.7 Å². The maximum Gasteiger partial charge on any atom is 0.274 e. The summed E-state index contributed by atoms with van der Waals surface area (Å²) >= 11 is 0. The average molecular weight is 482 g/mol. The number of aryl methyl sites for hydroxylation is 1. The lowest BCUT2D eigenvalue weighted by atomic mass is 9.90. The number of hydrogen-bond acceptors (Lipinski definition) is 4. The lowest BCUT2D eigenvalue weighted by molar-refractivity contribution is 0.0680. The molecule has 5 rings (SSSR count). The van der Waals surface area contributed by atoms with Crippen molar-refractivity contribution in [1.29, 1.82) is 0 Å². The number of hydrogen-bond donors (Lipinski definition) is 0. The highest BCUT2D eigenvalue weighted by Crippen LogP contribution is 2.25. The van der Waals surface area contributed by atoms with Gasteiger partial charge in [-0.1, -0.05) is 60.7 Å². The fourth-order valence-electron chi connectivity index (χ4n) is 4.99. The normalized spacial score (nSPS) is 14.2. The van der Waals surface area contributed by atoms with Gasteiger partial charge in [0, 0.05) is 18.5 Å². The molecule has 0 radical (unpaired) electrons. The summed E-state index contributed by atoms with van der Waals surface area (Å²) in [5, 5.41) is 5.74. The Morgan fingerprint density at radius 3 is 2.25 bits per heavy atom. The van der Waals surface area contributed by atoms with Crippen LogP contribution in [0.4, 0.5) is 0 Å². The summed E-state index contributed by atoms with van der Waals surface area (Å²) < 4.78 is 6.67. The van der Waals surface area contributed by atoms with Crippen LogP contribution in [0, 0.1) is 5.92 Å². The summed E-state index contributed by atoms with van der Waals surface area (Å²) in [6.45, 7) is 1.75. The number of carbonyl (C=O) groups is 1. The van der Waals surface area contributed by atoms with Crippen molar-refractivity contribution in [2.75, 3.05) is 20.2 Å². The van der Waals surface area contributed by atoms with E-state index in [1.807, 2.05) is 65.6 Å². The molecule has 0 saturated carbocycles. The van der Waals surface area contributed by atoms with Gasteiger partial charge in [-0.2, -0.15) is 5.10 Å². The lowest BCUT2D eigenvalue weighted by Gasteiger charge is -2.32. The van der Waals surface area contributed by atoms with Gasteiger partial charge >= 0.3 is 0 Å². The van der Waals surface area contributed by atoms with Crippen molar-refractivity contribution in [3.05, 3.63) is 106 Å². The highest BCUT2D eigenvalue weighted by Gasteiger charge is 2.26. The fraction of sp³-hybridized carbons (Fsp3) is 0.300. The molecule has 3 aromatic carbocycles. The largest absolute Gasteiger partial charge is 0.497 e. The maximum absolute atomic E-state index is 13.6. The van der Waals surface area contributed by atoms with E-state index in [9.17, 15) is 9.59 Å². The molecule has 1 amide bonds. The molecule has 4 aromatic rings. The number of amides is 1. The number of carbonyl (C=O) groups excluding carboxylic acids is 1. The molecule has 0 unspecified atom stereocenters. The molecule has 1 aromatic heterocycles. The molecule has 2 heterocycles. The number of rotatable bonds is 7. The van der Waals surface area contributed by atoms with E-state index < -0.39 is 0 Å². The van der Waals surface area contributed by atoms with Crippen molar-refractivity contribution in [3.63, 3.8) is 0 Å². The van der Waals surface area contributed by atoms with E-state index in [4.69, 9.17) is 4.74 Å². The summed E-state index contributed by atoms with van der Waals surface area (Å²) in [6.07, 6.45) is 4.09. The number of piperidine rings is 1. The first kappa shape index (κ1) is 23.8. The van der Waals surface area contributed by atoms with Crippen LogP contribution < -0.4 is 10.3 Å². The van der Waals surface area contributed by atoms with Gasteiger partial charge in [-0.3, -0.25) is 9.59 Å². The van der Waals surface area contributed by atoms with E-state index in [1.54, 1.807) is 13.2 Å². The Hall–Kier alpha value is -3.93. The van der Waals surface area contributed by atoms with Crippen molar-refractivity contribution in [2.45, 2.75) is 32.2 Å². The quantitative estimate of drug-likeness (QED) is 0.375. The first-order chi connectivity index (χ1) is 17.6. The Morgan fingerprint density at radius 2 is 1.56 bits per heavy atom. The minimum absolute atomic E-state index is 0.0957. The molecule has 0 spiro atoms. The Balaban J connectivity index is 1.29. The molecule has 6 heteroatoms. The van der Waals surface area contributed by atoms with Crippen LogP contribution in [0.15, 0.2) is 83.7 Å². The van der Waals surface area contributed by atoms with Crippen LogP contribution in [0.3, 0.4) is 0 Å². The van der Waals surface area contributed by atoms with Gasteiger partial charge in [0.05, 0.1) is 19.0 Å². The molecular weight excluding hydrogens is 450 g/mol. The van der Waals surface area contributed by atoms with Gasteiger partial charge in [0.25, 0.3) is 11.5 Å². The summed E-state index contributed by atoms with van der Waals surface area (Å²) in [4.78, 5) is 28.6. The van der Waals surface area contributed by atoms with Gasteiger partial charge in [-0.05, 0) is 60.9 Å². The standard InChI is InChI=1S/C30H31N3O3/c1-36-25-15-13-22(14-16-25)11-12-23-17-19-32(20-18-23)30(35)28-26-9-5-6-10-27(26)29(34)33(31-28)21-24-7-3-2-4-8-24/h2-10,13-16,23H,11-12,17-21H2,1H3. The first-order valence-electron chi connectivity index (χ1n) is 12.6. The van der Waals surface area contributed by atoms with Crippen molar-refractivity contribution >= 4 is 16.7 Å². The van der Waals surface area contributed by atoms with Gasteiger partial charge < -0.3 is 9.64 Å². The highest BCUT2D eigenvalue weighted by atomic mass is 16.5. The number of aromatic nitrogens is 2. The van der Waals surface area contributed by atoms with Crippen LogP contribution in [0.1, 0.15) is 40.9 Å². The number of likely N-dealkylation sites (tertiary alicyclic amines) is 1. The van der Waals surface area contributed by atoms with Crippen molar-refractivity contribution in [2.24, 2.45) is 5.92 Å². The predicted octanol–water partition coefficient (Wildman–Crippen LogP) is 4.94. The molecule has 0 aliphatic carbocycles. The number of benzene rings is 3. The van der Waals surface area contributed by atoms with Gasteiger partial charge in [-0.25, -0.2) is 4.68 Å². The average Bonchev–Trinajstić information content (AvgIpc) is 2.94. The molecule has 184 valence electrons. The smallest absolute Gasteiger partial charge is 0.274 e. The molecule has 36 heavy (non-hydrogen) atoms. The molecule has 1 aliphatic heterocycles. The summed E-state index contributed by atoms with van der Waals surface area (Å²) in [5.74, 6) is 1.37. The Labute approximate surface area is 211 Å². The zero-order valence-electron chi connectivity index (χ0n) is 20.6. The third-order valence-electron chi connectivity index (χ3n) is 7.15. The number of fused-ring (bicyclic) bond motifs is 1. The number of methoxy groups -OCH3 is 1. The third-order valence-corrected chi connectivity index (χ3v) is 7.15. The second kappa shape index (κ2) is 10.8. The van der Waals surface area contributed by atoms with Gasteiger partial charge in [0.1, 0.15) is 5.75 Å². The molecule has 0 bridgehead atoms. The second-order valence-corrected chi connectivity index (χ2v) is 9.46. The third kappa shape index (κ3) is 5.18. The van der Waals surface area contributed by atoms with Crippen LogP contribution >= 0.6 is 0 Å². The van der Waals surface area contributed by atoms with E-state index in [2.05, 4.69) is 17.2 Å². The summed E-state index contributed by atoms with van der Waals surface area (Å²) in [6, 6.07) is 25.3. The Bertz CT molecular complexity index is 1390. The van der Waals surface area contributed by atoms with Crippen LogP contribution in [0.2, 0.25) is 0 Å². The van der Waals surface area contributed by atoms with Gasteiger partial charge in [-0.15, -0.1) is 0 Å². The lowest BCUT2D eigenvalue weighted by Crippen LogP contribution is -2.40. The zero-order chi connectivity index (χ0) is 24.9. The van der Waals surface area contributed by atoms with Crippen LogP contribution in [-0.4, -0.2) is 40.8 Å². The Kier molecular flexibility index (Phi) is 7.12. The molecule has 6 nitrogen and oxygen atoms in total. The number of ether oxygens (including phenoxy) is 1. The zero-order valence-corrected chi connectivity index (χ0v) is 20.6. The van der Waals surface area contributed by atoms with Gasteiger partial charge in [0.2, 0.25) is 0 Å². The number of nitrogens with zero attached hydrogens (tertiary/aromatic N) is 3. The summed E-state index contributed by atoms with van der Waals surface area (Å²) in [5.41, 5.74) is 2.46. The predicted molar refractivity (Wildman–Crippen MR) is 141 cm³/mol. The van der Waals surface area contributed by atoms with E-state index in [0.29, 0.717) is 42.0 Å². The molecule has 1 saturated heterocycles. The minimum Gasteiger partial charge on any atom is -0.497 e. The second-order valence-electron chi connectivity index (χ2n) is 9.46. The minimum atomic E-state index is -0.178. The van der Waals surface area contributed by atoms with Crippen LogP contribution in [-0.2, 0) is 13.0 Å². The van der Waals surface area contributed by atoms with E-state index in [-0.39, 0.29) is 11.5 Å². The molecule has 1 aliphatic rings. The topological polar surface area (TPSA) is 64.4 Å². The first-order valence-corrected chi connectivity index (χ1v) is 12.6. The summed E-state index contributed by atoms with van der Waals surface area (Å²) in [7, 11) is 1.68. The molecule has 0 N–H and O–H groups in total. The van der Waals surface area contributed by atoms with E-state index in [0.717, 1.165) is 37.0 Å². The highest BCUT2D eigenvalue weighted by molar-refractivity contribution is 6.04. The molecule has 0 atom stereocenters. The Morgan fingerprint density at radius 1 is 0.889 bits per heavy atom. The molecular formula is C30H31N3O3.